The van der Waals surface area contributed by atoms with Gasteiger partial charge in [0.1, 0.15) is 13.2 Å². The molecule has 0 heterocycles. The van der Waals surface area contributed by atoms with Crippen LogP contribution in [0.3, 0.4) is 0 Å². The number of ether oxygens (including phenoxy) is 1. The van der Waals surface area contributed by atoms with E-state index < -0.39 is 18.7 Å². The van der Waals surface area contributed by atoms with E-state index in [0.717, 1.165) is 0 Å². The van der Waals surface area contributed by atoms with Gasteiger partial charge < -0.3 is 38.7 Å². The summed E-state index contributed by atoms with van der Waals surface area (Å²) < 4.78 is 16.6. The number of carbonyl (C=O) groups is 2. The van der Waals surface area contributed by atoms with Crippen LogP contribution in [0.25, 0.3) is 0 Å². The van der Waals surface area contributed by atoms with Crippen molar-refractivity contribution in [2.45, 2.75) is 12.8 Å². The average Bonchev–Trinajstić information content (AvgIpc) is 2.14. The van der Waals surface area contributed by atoms with E-state index in [-0.39, 0.29) is 43.4 Å². The predicted octanol–water partition coefficient (Wildman–Crippen LogP) is -4.16. The number of alkyl halides is 1. The van der Waals surface area contributed by atoms with Gasteiger partial charge in [-0.3, -0.25) is 9.59 Å². The van der Waals surface area contributed by atoms with E-state index in [1.165, 1.54) is 0 Å². The lowest BCUT2D eigenvalue weighted by atomic mass is 10.3. The highest BCUT2D eigenvalue weighted by Gasteiger charge is 2.07. The molecule has 0 radical (unpaired) electrons. The number of nitrogens with one attached hydrogen (secondary N) is 1. The molecule has 5 nitrogen and oxygen atoms in total. The Kier molecular flexibility index (Phi) is 11.4. The monoisotopic (exact) mass is 335 g/mol. The molecular formula is C8H15FINO4. The van der Waals surface area contributed by atoms with Crippen molar-refractivity contribution in [3.63, 3.8) is 0 Å². The van der Waals surface area contributed by atoms with Gasteiger partial charge in [0.25, 0.3) is 0 Å². The molecule has 0 aromatic carbocycles. The second kappa shape index (κ2) is 10.1. The second-order valence-electron chi connectivity index (χ2n) is 2.95. The fraction of sp³-hybridized carbons (Fsp3) is 0.750. The van der Waals surface area contributed by atoms with Gasteiger partial charge in [-0.2, -0.15) is 4.39 Å². The molecule has 1 atom stereocenters. The van der Waals surface area contributed by atoms with E-state index in [1.807, 2.05) is 0 Å². The summed E-state index contributed by atoms with van der Waals surface area (Å²) in [6, 6.07) is 0. The molecule has 0 aliphatic heterocycles. The molecule has 0 spiro atoms. The van der Waals surface area contributed by atoms with Gasteiger partial charge >= 0.3 is 11.9 Å². The van der Waals surface area contributed by atoms with Crippen LogP contribution in [0.5, 0.6) is 0 Å². The second-order valence-corrected chi connectivity index (χ2v) is 2.95. The zero-order chi connectivity index (χ0) is 11.0. The highest BCUT2D eigenvalue weighted by atomic mass is 127. The first-order chi connectivity index (χ1) is 6.56. The lowest BCUT2D eigenvalue weighted by molar-refractivity contribution is -0.893. The van der Waals surface area contributed by atoms with Crippen LogP contribution >= 0.6 is 0 Å². The van der Waals surface area contributed by atoms with E-state index in [4.69, 9.17) is 5.11 Å². The van der Waals surface area contributed by atoms with E-state index in [2.05, 4.69) is 4.74 Å². The summed E-state index contributed by atoms with van der Waals surface area (Å²) in [5.41, 5.74) is 0. The molecule has 0 aliphatic rings. The van der Waals surface area contributed by atoms with Crippen molar-refractivity contribution < 1.29 is 52.7 Å². The van der Waals surface area contributed by atoms with Gasteiger partial charge in [0.05, 0.1) is 19.9 Å². The van der Waals surface area contributed by atoms with Gasteiger partial charge in [-0.25, -0.2) is 0 Å². The third-order valence-electron chi connectivity index (χ3n) is 1.56. The topological polar surface area (TPSA) is 68.0 Å². The summed E-state index contributed by atoms with van der Waals surface area (Å²) in [4.78, 5) is 21.5. The van der Waals surface area contributed by atoms with Crippen molar-refractivity contribution in [3.05, 3.63) is 0 Å². The maximum absolute atomic E-state index is 11.9. The maximum Gasteiger partial charge on any atom is 0.306 e. The molecule has 0 bridgehead atoms. The van der Waals surface area contributed by atoms with E-state index >= 15 is 0 Å². The van der Waals surface area contributed by atoms with Crippen molar-refractivity contribution in [1.29, 1.82) is 0 Å². The predicted molar refractivity (Wildman–Crippen MR) is 45.6 cm³/mol. The number of aliphatic carboxylic acids is 1. The van der Waals surface area contributed by atoms with Crippen molar-refractivity contribution in [2.24, 2.45) is 0 Å². The highest BCUT2D eigenvalue weighted by molar-refractivity contribution is 5.76. The molecular weight excluding hydrogens is 320 g/mol. The fourth-order valence-electron chi connectivity index (χ4n) is 0.687. The molecule has 0 aromatic heterocycles. The number of carbonyl (C=O) groups excluding carboxylic acids is 1. The lowest BCUT2D eigenvalue weighted by Crippen LogP contribution is -3.08. The van der Waals surface area contributed by atoms with Crippen molar-refractivity contribution in [2.75, 3.05) is 27.0 Å². The first kappa shape index (κ1) is 17.0. The average molecular weight is 335 g/mol. The molecule has 0 amide bonds. The first-order valence-corrected chi connectivity index (χ1v) is 4.31. The number of quaternary nitrogens is 1. The van der Waals surface area contributed by atoms with Crippen LogP contribution in [0.1, 0.15) is 12.8 Å². The molecule has 0 fully saturated rings. The van der Waals surface area contributed by atoms with Crippen LogP contribution in [0.15, 0.2) is 0 Å². The summed E-state index contributed by atoms with van der Waals surface area (Å²) in [7, 11) is 1.63. The Morgan fingerprint density at radius 3 is 2.47 bits per heavy atom. The largest absolute Gasteiger partial charge is 1.00 e. The van der Waals surface area contributed by atoms with Gasteiger partial charge in [0.15, 0.2) is 0 Å². The van der Waals surface area contributed by atoms with Crippen LogP contribution in [0.4, 0.5) is 4.39 Å². The number of carboxylic acids is 1. The van der Waals surface area contributed by atoms with Crippen LogP contribution in [0.2, 0.25) is 0 Å². The lowest BCUT2D eigenvalue weighted by Gasteiger charge is -2.08. The maximum atomic E-state index is 11.9. The van der Waals surface area contributed by atoms with Gasteiger partial charge in [-0.1, -0.05) is 0 Å². The summed E-state index contributed by atoms with van der Waals surface area (Å²) in [5, 5.41) is 8.25. The number of hydrogen-bond donors (Lipinski definition) is 2. The Labute approximate surface area is 105 Å². The molecule has 0 rings (SSSR count). The van der Waals surface area contributed by atoms with Gasteiger partial charge in [-0.15, -0.1) is 0 Å². The van der Waals surface area contributed by atoms with Crippen LogP contribution in [0, 0.1) is 0 Å². The van der Waals surface area contributed by atoms with E-state index in [9.17, 15) is 14.0 Å². The number of rotatable bonds is 7. The smallest absolute Gasteiger partial charge is 0.306 e. The van der Waals surface area contributed by atoms with Crippen LogP contribution < -0.4 is 28.9 Å². The Balaban J connectivity index is 0. The zero-order valence-corrected chi connectivity index (χ0v) is 10.6. The highest BCUT2D eigenvalue weighted by Crippen LogP contribution is 1.91. The Morgan fingerprint density at radius 2 is 2.00 bits per heavy atom. The standard InChI is InChI=1S/C8H14FNO4.HI/c1-10(6-9)4-5-14-8(13)3-2-7(11)12;/h2-6H2,1H3,(H,11,12);1H. The Hall–Kier alpha value is -0.440. The van der Waals surface area contributed by atoms with Gasteiger partial charge in [-0.05, 0) is 0 Å². The number of likely N-dealkylation sites (N-methyl/N-ethyl adjacent to an activating group) is 1. The molecule has 90 valence electrons. The zero-order valence-electron chi connectivity index (χ0n) is 8.46. The molecule has 0 aromatic rings. The summed E-state index contributed by atoms with van der Waals surface area (Å²) in [6.07, 6.45) is -0.366. The van der Waals surface area contributed by atoms with E-state index in [0.29, 0.717) is 11.4 Å². The minimum atomic E-state index is -1.03. The first-order valence-electron chi connectivity index (χ1n) is 4.31. The SMILES string of the molecule is C[NH+](CF)CCOC(=O)CCC(=O)O.[I-]. The summed E-state index contributed by atoms with van der Waals surface area (Å²) in [6.45, 7) is -0.0177. The van der Waals surface area contributed by atoms with Gasteiger partial charge in [0, 0.05) is 0 Å². The third-order valence-corrected chi connectivity index (χ3v) is 1.56. The van der Waals surface area contributed by atoms with E-state index in [1.54, 1.807) is 7.05 Å². The van der Waals surface area contributed by atoms with Crippen molar-refractivity contribution >= 4 is 11.9 Å². The Bertz CT molecular complexity index is 203. The van der Waals surface area contributed by atoms with Crippen LogP contribution in [-0.2, 0) is 14.3 Å². The molecule has 7 heteroatoms. The molecule has 1 unspecified atom stereocenters. The number of hydrogen-bond acceptors (Lipinski definition) is 3. The quantitative estimate of drug-likeness (QED) is 0.282. The third kappa shape index (κ3) is 11.5. The normalized spacial score (nSPS) is 11.3. The number of halogens is 2. The molecule has 0 aliphatic carbocycles. The summed E-state index contributed by atoms with van der Waals surface area (Å²) in [5.74, 6) is -1.59. The number of esters is 1. The fourth-order valence-corrected chi connectivity index (χ4v) is 0.687. The molecule has 15 heavy (non-hydrogen) atoms. The molecule has 0 saturated heterocycles. The number of carboxylic acid groups (broad SMARTS) is 1. The molecule has 0 saturated carbocycles. The molecule has 2 N–H and O–H groups in total. The summed E-state index contributed by atoms with van der Waals surface area (Å²) >= 11 is 0. The minimum absolute atomic E-state index is 0. The minimum Gasteiger partial charge on any atom is -1.00 e. The Morgan fingerprint density at radius 1 is 1.40 bits per heavy atom. The van der Waals surface area contributed by atoms with Crippen molar-refractivity contribution in [3.8, 4) is 0 Å². The van der Waals surface area contributed by atoms with Crippen LogP contribution in [-0.4, -0.2) is 44.0 Å². The van der Waals surface area contributed by atoms with Gasteiger partial charge in [0.2, 0.25) is 6.80 Å². The van der Waals surface area contributed by atoms with Crippen molar-refractivity contribution in [1.82, 2.24) is 0 Å².